The largest absolute Gasteiger partial charge is 0.416 e. The molecule has 3 amide bonds. The van der Waals surface area contributed by atoms with E-state index in [9.17, 15) is 27.6 Å². The molecule has 0 bridgehead atoms. The van der Waals surface area contributed by atoms with Crippen LogP contribution in [-0.4, -0.2) is 42.3 Å². The molecule has 2 atom stereocenters. The summed E-state index contributed by atoms with van der Waals surface area (Å²) in [6.07, 6.45) is -1.56. The van der Waals surface area contributed by atoms with E-state index in [1.54, 1.807) is 12.1 Å². The maximum Gasteiger partial charge on any atom is 0.416 e. The number of alkyl halides is 3. The van der Waals surface area contributed by atoms with Crippen molar-refractivity contribution in [2.45, 2.75) is 25.4 Å². The summed E-state index contributed by atoms with van der Waals surface area (Å²) in [7, 11) is 0. The molecule has 2 fully saturated rings. The van der Waals surface area contributed by atoms with Gasteiger partial charge in [0.1, 0.15) is 5.82 Å². The van der Waals surface area contributed by atoms with Crippen molar-refractivity contribution in [1.82, 2.24) is 4.98 Å². The molecule has 2 aliphatic heterocycles. The lowest BCUT2D eigenvalue weighted by molar-refractivity contribution is -0.137. The van der Waals surface area contributed by atoms with E-state index in [0.717, 1.165) is 31.5 Å². The van der Waals surface area contributed by atoms with E-state index in [0.29, 0.717) is 18.1 Å². The highest BCUT2D eigenvalue weighted by Crippen LogP contribution is 2.33. The van der Waals surface area contributed by atoms with Gasteiger partial charge >= 0.3 is 6.18 Å². The first-order valence-corrected chi connectivity index (χ1v) is 10.9. The number of hydrogen-bond donors (Lipinski definition) is 2. The van der Waals surface area contributed by atoms with Gasteiger partial charge in [0.15, 0.2) is 0 Å². The second kappa shape index (κ2) is 9.32. The molecule has 1 aromatic carbocycles. The molecule has 2 aromatic rings. The summed E-state index contributed by atoms with van der Waals surface area (Å²) >= 11 is 0. The van der Waals surface area contributed by atoms with E-state index < -0.39 is 29.5 Å². The van der Waals surface area contributed by atoms with Crippen LogP contribution in [0.15, 0.2) is 42.6 Å². The fourth-order valence-corrected chi connectivity index (χ4v) is 4.29. The number of aromatic nitrogens is 1. The number of nitrogens with one attached hydrogen (secondary N) is 1. The van der Waals surface area contributed by atoms with E-state index in [-0.39, 0.29) is 30.5 Å². The average Bonchev–Trinajstić information content (AvgIpc) is 3.21. The Hall–Kier alpha value is -3.63. The van der Waals surface area contributed by atoms with Gasteiger partial charge in [-0.1, -0.05) is 6.07 Å². The third kappa shape index (κ3) is 5.13. The zero-order chi connectivity index (χ0) is 24.5. The van der Waals surface area contributed by atoms with Crippen LogP contribution in [0.5, 0.6) is 0 Å². The molecule has 34 heavy (non-hydrogen) atoms. The predicted molar refractivity (Wildman–Crippen MR) is 119 cm³/mol. The second-order valence-electron chi connectivity index (χ2n) is 8.54. The normalized spacial score (nSPS) is 21.0. The van der Waals surface area contributed by atoms with Gasteiger partial charge in [-0.2, -0.15) is 13.2 Å². The first-order valence-electron chi connectivity index (χ1n) is 10.9. The lowest BCUT2D eigenvalue weighted by Crippen LogP contribution is -2.41. The molecule has 2 unspecified atom stereocenters. The Morgan fingerprint density at radius 1 is 1.12 bits per heavy atom. The number of nitrogens with zero attached hydrogens (tertiary/aromatic N) is 3. The van der Waals surface area contributed by atoms with Crippen LogP contribution in [0.3, 0.4) is 0 Å². The molecule has 3 heterocycles. The first-order chi connectivity index (χ1) is 16.1. The Morgan fingerprint density at radius 2 is 1.91 bits per heavy atom. The van der Waals surface area contributed by atoms with E-state index >= 15 is 0 Å². The van der Waals surface area contributed by atoms with Gasteiger partial charge in [-0.3, -0.25) is 14.4 Å². The fraction of sp³-hybridized carbons (Fsp3) is 0.391. The maximum absolute atomic E-state index is 13.0. The minimum absolute atomic E-state index is 0.0141. The Bertz CT molecular complexity index is 1090. The van der Waals surface area contributed by atoms with Crippen LogP contribution in [-0.2, 0) is 20.6 Å². The molecule has 2 saturated heterocycles. The van der Waals surface area contributed by atoms with E-state index in [4.69, 9.17) is 5.73 Å². The molecule has 1 aromatic heterocycles. The molecule has 0 spiro atoms. The third-order valence-corrected chi connectivity index (χ3v) is 6.14. The van der Waals surface area contributed by atoms with E-state index in [1.807, 2.05) is 4.90 Å². The van der Waals surface area contributed by atoms with Gasteiger partial charge in [-0.05, 0) is 43.2 Å². The number of hydrogen-bond acceptors (Lipinski definition) is 5. The van der Waals surface area contributed by atoms with Crippen LogP contribution in [0.25, 0.3) is 0 Å². The number of rotatable bonds is 5. The molecule has 0 saturated carbocycles. The molecule has 0 radical (unpaired) electrons. The minimum atomic E-state index is -4.52. The number of anilines is 3. The number of carbonyl (C=O) groups is 3. The summed E-state index contributed by atoms with van der Waals surface area (Å²) in [6.45, 7) is 1.22. The van der Waals surface area contributed by atoms with Crippen molar-refractivity contribution in [3.8, 4) is 0 Å². The summed E-state index contributed by atoms with van der Waals surface area (Å²) in [5.74, 6) is -1.43. The molecule has 8 nitrogen and oxygen atoms in total. The molecule has 3 N–H and O–H groups in total. The summed E-state index contributed by atoms with van der Waals surface area (Å²) in [5, 5.41) is 2.72. The number of nitrogens with two attached hydrogens (primary N) is 1. The summed E-state index contributed by atoms with van der Waals surface area (Å²) < 4.78 is 39.0. The first kappa shape index (κ1) is 23.5. The van der Waals surface area contributed by atoms with Crippen molar-refractivity contribution < 1.29 is 27.6 Å². The van der Waals surface area contributed by atoms with Crippen molar-refractivity contribution >= 4 is 34.9 Å². The molecule has 4 rings (SSSR count). The number of halogens is 3. The summed E-state index contributed by atoms with van der Waals surface area (Å²) in [4.78, 5) is 44.1. The number of carbonyl (C=O) groups excluding carboxylic acids is 3. The molecule has 2 aliphatic rings. The quantitative estimate of drug-likeness (QED) is 0.691. The van der Waals surface area contributed by atoms with Gasteiger partial charge in [0.25, 0.3) is 0 Å². The van der Waals surface area contributed by atoms with Crippen molar-refractivity contribution in [2.75, 3.05) is 34.8 Å². The van der Waals surface area contributed by atoms with Gasteiger partial charge in [-0.15, -0.1) is 0 Å². The number of pyridine rings is 1. The van der Waals surface area contributed by atoms with Crippen molar-refractivity contribution in [1.29, 1.82) is 0 Å². The van der Waals surface area contributed by atoms with Gasteiger partial charge in [0, 0.05) is 31.7 Å². The third-order valence-electron chi connectivity index (χ3n) is 6.14. The summed E-state index contributed by atoms with van der Waals surface area (Å²) in [6, 6.07) is 7.90. The summed E-state index contributed by atoms with van der Waals surface area (Å²) in [5.41, 5.74) is 5.11. The van der Waals surface area contributed by atoms with Crippen LogP contribution in [0, 0.1) is 11.8 Å². The highest BCUT2D eigenvalue weighted by Gasteiger charge is 2.37. The van der Waals surface area contributed by atoms with E-state index in [1.165, 1.54) is 23.2 Å². The second-order valence-corrected chi connectivity index (χ2v) is 8.54. The van der Waals surface area contributed by atoms with Crippen molar-refractivity contribution in [3.05, 3.63) is 48.2 Å². The zero-order valence-corrected chi connectivity index (χ0v) is 18.2. The van der Waals surface area contributed by atoms with Crippen LogP contribution >= 0.6 is 0 Å². The molecular weight excluding hydrogens is 451 g/mol. The number of amides is 3. The molecule has 11 heteroatoms. The van der Waals surface area contributed by atoms with Gasteiger partial charge < -0.3 is 20.9 Å². The Kier molecular flexibility index (Phi) is 6.45. The molecular formula is C23H24F3N5O3. The number of benzene rings is 1. The smallest absolute Gasteiger partial charge is 0.369 e. The molecule has 0 aliphatic carbocycles. The van der Waals surface area contributed by atoms with Gasteiger partial charge in [0.05, 0.1) is 29.3 Å². The predicted octanol–water partition coefficient (Wildman–Crippen LogP) is 2.79. The Balaban J connectivity index is 1.38. The Morgan fingerprint density at radius 3 is 2.59 bits per heavy atom. The fourth-order valence-electron chi connectivity index (χ4n) is 4.29. The highest BCUT2D eigenvalue weighted by atomic mass is 19.4. The SMILES string of the molecule is NC(=O)C1CCCN(c2ccc(NC(=O)C3CC(=O)N(c4cccc(C(F)(F)F)c4)C3)cn2)C1. The van der Waals surface area contributed by atoms with Gasteiger partial charge in [-0.25, -0.2) is 4.98 Å². The maximum atomic E-state index is 13.0. The Labute approximate surface area is 193 Å². The monoisotopic (exact) mass is 475 g/mol. The van der Waals surface area contributed by atoms with Crippen LogP contribution in [0.1, 0.15) is 24.8 Å². The highest BCUT2D eigenvalue weighted by molar-refractivity contribution is 6.03. The topological polar surface area (TPSA) is 109 Å². The number of primary amides is 1. The van der Waals surface area contributed by atoms with Crippen molar-refractivity contribution in [2.24, 2.45) is 17.6 Å². The van der Waals surface area contributed by atoms with Crippen LogP contribution < -0.4 is 20.9 Å². The van der Waals surface area contributed by atoms with Crippen molar-refractivity contribution in [3.63, 3.8) is 0 Å². The standard InChI is InChI=1S/C23H24F3N5O3/c24-23(25,26)16-4-1-5-18(10-16)31-13-15(9-20(31)32)22(34)29-17-6-7-19(28-11-17)30-8-2-3-14(12-30)21(27)33/h1,4-7,10-11,14-15H,2-3,8-9,12-13H2,(H2,27,33)(H,29,34). The van der Waals surface area contributed by atoms with Crippen LogP contribution in [0.4, 0.5) is 30.4 Å². The number of piperidine rings is 1. The average molecular weight is 475 g/mol. The van der Waals surface area contributed by atoms with Crippen LogP contribution in [0.2, 0.25) is 0 Å². The minimum Gasteiger partial charge on any atom is -0.369 e. The molecule has 180 valence electrons. The van der Waals surface area contributed by atoms with Gasteiger partial charge in [0.2, 0.25) is 17.7 Å². The lowest BCUT2D eigenvalue weighted by Gasteiger charge is -2.32. The lowest BCUT2D eigenvalue weighted by atomic mass is 9.97. The zero-order valence-electron chi connectivity index (χ0n) is 18.2. The van der Waals surface area contributed by atoms with E-state index in [2.05, 4.69) is 10.3 Å².